The van der Waals surface area contributed by atoms with Gasteiger partial charge < -0.3 is 4.57 Å². The average Bonchev–Trinajstić information content (AvgIpc) is 2.84. The van der Waals surface area contributed by atoms with Crippen molar-refractivity contribution in [3.05, 3.63) is 68.5 Å². The van der Waals surface area contributed by atoms with E-state index in [-0.39, 0.29) is 5.82 Å². The molecule has 1 aliphatic rings. The minimum atomic E-state index is -0.179. The molecule has 1 nitrogen and oxygen atoms in total. The number of fused-ring (bicyclic) bond motifs is 3. The summed E-state index contributed by atoms with van der Waals surface area (Å²) in [7, 11) is 0. The summed E-state index contributed by atoms with van der Waals surface area (Å²) in [4.78, 5) is 0. The molecule has 1 aliphatic carbocycles. The van der Waals surface area contributed by atoms with E-state index in [9.17, 15) is 4.39 Å². The summed E-state index contributed by atoms with van der Waals surface area (Å²) in [5.74, 6) is -0.179. The number of aryl methyl sites for hydroxylation is 1. The van der Waals surface area contributed by atoms with E-state index in [1.165, 1.54) is 29.7 Å². The van der Waals surface area contributed by atoms with E-state index in [0.29, 0.717) is 0 Å². The second-order valence-electron chi connectivity index (χ2n) is 6.13. The van der Waals surface area contributed by atoms with Gasteiger partial charge in [0.05, 0.1) is 5.52 Å². The summed E-state index contributed by atoms with van der Waals surface area (Å²) < 4.78 is 17.1. The van der Waals surface area contributed by atoms with Crippen LogP contribution in [0.15, 0.2) is 40.9 Å². The molecule has 3 aromatic rings. The predicted molar refractivity (Wildman–Crippen MR) is 96.8 cm³/mol. The molecule has 0 fully saturated rings. The first-order valence-corrected chi connectivity index (χ1v) is 9.04. The molecule has 0 amide bonds. The zero-order chi connectivity index (χ0) is 16.0. The molecule has 0 atom stereocenters. The fourth-order valence-electron chi connectivity index (χ4n) is 3.63. The average molecular weight is 393 g/mol. The first kappa shape index (κ1) is 15.2. The van der Waals surface area contributed by atoms with Crippen molar-refractivity contribution in [1.82, 2.24) is 4.57 Å². The summed E-state index contributed by atoms with van der Waals surface area (Å²) in [6.45, 7) is 0.785. The molecule has 0 saturated carbocycles. The Bertz CT molecular complexity index is 883. The van der Waals surface area contributed by atoms with Gasteiger partial charge in [0.15, 0.2) is 0 Å². The summed E-state index contributed by atoms with van der Waals surface area (Å²) in [6.07, 6.45) is 4.48. The molecule has 1 aromatic heterocycles. The van der Waals surface area contributed by atoms with Crippen LogP contribution in [0.5, 0.6) is 0 Å². The van der Waals surface area contributed by atoms with Gasteiger partial charge in [-0.25, -0.2) is 4.39 Å². The van der Waals surface area contributed by atoms with Gasteiger partial charge in [-0.2, -0.15) is 0 Å². The lowest BCUT2D eigenvalue weighted by Crippen LogP contribution is -2.09. The van der Waals surface area contributed by atoms with Gasteiger partial charge >= 0.3 is 0 Å². The third-order valence-corrected chi connectivity index (χ3v) is 5.50. The Morgan fingerprint density at radius 1 is 1.09 bits per heavy atom. The Kier molecular flexibility index (Phi) is 3.94. The molecule has 0 aliphatic heterocycles. The van der Waals surface area contributed by atoms with Crippen molar-refractivity contribution >= 4 is 38.4 Å². The molecular formula is C19H16BrClFN. The molecule has 0 N–H and O–H groups in total. The van der Waals surface area contributed by atoms with Crippen LogP contribution in [0.25, 0.3) is 10.9 Å². The fourth-order valence-corrected chi connectivity index (χ4v) is 4.40. The summed E-state index contributed by atoms with van der Waals surface area (Å²) in [6, 6.07) is 11.2. The predicted octanol–water partition coefficient (Wildman–Crippen LogP) is 6.12. The maximum absolute atomic E-state index is 13.9. The summed E-state index contributed by atoms with van der Waals surface area (Å²) >= 11 is 9.56. The number of benzene rings is 2. The Labute approximate surface area is 148 Å². The quantitative estimate of drug-likeness (QED) is 0.495. The first-order valence-electron chi connectivity index (χ1n) is 7.87. The number of halogens is 3. The van der Waals surface area contributed by atoms with E-state index < -0.39 is 0 Å². The largest absolute Gasteiger partial charge is 0.339 e. The molecule has 118 valence electrons. The lowest BCUT2D eigenvalue weighted by Gasteiger charge is -2.16. The normalized spacial score (nSPS) is 14.2. The summed E-state index contributed by atoms with van der Waals surface area (Å²) in [5, 5.41) is 1.80. The van der Waals surface area contributed by atoms with Crippen molar-refractivity contribution in [1.29, 1.82) is 0 Å². The molecule has 4 heteroatoms. The van der Waals surface area contributed by atoms with Gasteiger partial charge in [-0.05, 0) is 77.0 Å². The Hall–Kier alpha value is -1.32. The van der Waals surface area contributed by atoms with E-state index in [1.54, 1.807) is 12.1 Å². The minimum absolute atomic E-state index is 0.179. The van der Waals surface area contributed by atoms with Crippen molar-refractivity contribution in [2.45, 2.75) is 32.2 Å². The number of aromatic nitrogens is 1. The molecule has 23 heavy (non-hydrogen) atoms. The number of hydrogen-bond acceptors (Lipinski definition) is 0. The standard InChI is InChI=1S/C19H16BrClFN/c20-17-10-14(22)9-16-15-3-1-2-4-18(15)23(19(16)17)11-12-5-7-13(21)8-6-12/h5-10H,1-4,11H2. The number of nitrogens with zero attached hydrogens (tertiary/aromatic N) is 1. The van der Waals surface area contributed by atoms with Gasteiger partial charge in [0, 0.05) is 27.1 Å². The van der Waals surface area contributed by atoms with E-state index in [1.807, 2.05) is 12.1 Å². The highest BCUT2D eigenvalue weighted by Crippen LogP contribution is 2.37. The molecule has 2 aromatic carbocycles. The highest BCUT2D eigenvalue weighted by atomic mass is 79.9. The van der Waals surface area contributed by atoms with Crippen LogP contribution in [0.1, 0.15) is 29.7 Å². The summed E-state index contributed by atoms with van der Waals surface area (Å²) in [5.41, 5.74) is 4.98. The van der Waals surface area contributed by atoms with Gasteiger partial charge in [0.2, 0.25) is 0 Å². The van der Waals surface area contributed by atoms with Gasteiger partial charge in [-0.1, -0.05) is 23.7 Å². The molecule has 1 heterocycles. The van der Waals surface area contributed by atoms with E-state index >= 15 is 0 Å². The lowest BCUT2D eigenvalue weighted by molar-refractivity contribution is 0.628. The fraction of sp³-hybridized carbons (Fsp3) is 0.263. The molecular weight excluding hydrogens is 377 g/mol. The zero-order valence-electron chi connectivity index (χ0n) is 12.6. The van der Waals surface area contributed by atoms with E-state index in [4.69, 9.17) is 11.6 Å². The molecule has 4 rings (SSSR count). The van der Waals surface area contributed by atoms with Crippen LogP contribution in [-0.2, 0) is 19.4 Å². The highest BCUT2D eigenvalue weighted by molar-refractivity contribution is 9.10. The molecule has 0 radical (unpaired) electrons. The van der Waals surface area contributed by atoms with Crippen LogP contribution < -0.4 is 0 Å². The van der Waals surface area contributed by atoms with Gasteiger partial charge in [0.1, 0.15) is 5.82 Å². The van der Waals surface area contributed by atoms with Crippen LogP contribution in [0.4, 0.5) is 4.39 Å². The Morgan fingerprint density at radius 2 is 1.83 bits per heavy atom. The monoisotopic (exact) mass is 391 g/mol. The van der Waals surface area contributed by atoms with Crippen molar-refractivity contribution in [2.24, 2.45) is 0 Å². The molecule has 0 unspecified atom stereocenters. The van der Waals surface area contributed by atoms with Crippen molar-refractivity contribution in [3.8, 4) is 0 Å². The topological polar surface area (TPSA) is 4.93 Å². The maximum atomic E-state index is 13.9. The second kappa shape index (κ2) is 5.95. The van der Waals surface area contributed by atoms with Crippen LogP contribution in [-0.4, -0.2) is 4.57 Å². The third-order valence-electron chi connectivity index (χ3n) is 4.64. The lowest BCUT2D eigenvalue weighted by atomic mass is 9.95. The van der Waals surface area contributed by atoms with Gasteiger partial charge in [-0.15, -0.1) is 0 Å². The van der Waals surface area contributed by atoms with Crippen molar-refractivity contribution < 1.29 is 4.39 Å². The third kappa shape index (κ3) is 2.70. The molecule has 0 saturated heterocycles. The highest BCUT2D eigenvalue weighted by Gasteiger charge is 2.22. The molecule has 0 spiro atoms. The van der Waals surface area contributed by atoms with Crippen LogP contribution in [0.3, 0.4) is 0 Å². The van der Waals surface area contributed by atoms with Crippen molar-refractivity contribution in [3.63, 3.8) is 0 Å². The van der Waals surface area contributed by atoms with Crippen LogP contribution in [0.2, 0.25) is 5.02 Å². The number of rotatable bonds is 2. The van der Waals surface area contributed by atoms with Gasteiger partial charge in [-0.3, -0.25) is 0 Å². The van der Waals surface area contributed by atoms with Crippen LogP contribution in [0, 0.1) is 5.82 Å². The van der Waals surface area contributed by atoms with Crippen LogP contribution >= 0.6 is 27.5 Å². The second-order valence-corrected chi connectivity index (χ2v) is 7.42. The minimum Gasteiger partial charge on any atom is -0.339 e. The Morgan fingerprint density at radius 3 is 2.61 bits per heavy atom. The SMILES string of the molecule is Fc1cc(Br)c2c(c1)c1c(n2Cc2ccc(Cl)cc2)CCCC1. The van der Waals surface area contributed by atoms with E-state index in [2.05, 4.69) is 32.6 Å². The van der Waals surface area contributed by atoms with Crippen molar-refractivity contribution in [2.75, 3.05) is 0 Å². The number of hydrogen-bond donors (Lipinski definition) is 0. The zero-order valence-corrected chi connectivity index (χ0v) is 14.9. The first-order chi connectivity index (χ1) is 11.1. The smallest absolute Gasteiger partial charge is 0.125 e. The molecule has 0 bridgehead atoms. The van der Waals surface area contributed by atoms with E-state index in [0.717, 1.165) is 39.8 Å². The maximum Gasteiger partial charge on any atom is 0.125 e. The Balaban J connectivity index is 1.92. The van der Waals surface area contributed by atoms with Gasteiger partial charge in [0.25, 0.3) is 0 Å².